The van der Waals surface area contributed by atoms with Gasteiger partial charge in [-0.3, -0.25) is 4.79 Å². The van der Waals surface area contributed by atoms with Gasteiger partial charge in [-0.15, -0.1) is 0 Å². The summed E-state index contributed by atoms with van der Waals surface area (Å²) in [6.07, 6.45) is 1.11. The van der Waals surface area contributed by atoms with Gasteiger partial charge in [-0.05, 0) is 37.5 Å². The lowest BCUT2D eigenvalue weighted by Gasteiger charge is -2.30. The zero-order chi connectivity index (χ0) is 18.9. The van der Waals surface area contributed by atoms with Gasteiger partial charge in [0.25, 0.3) is 0 Å². The minimum absolute atomic E-state index is 0.202. The summed E-state index contributed by atoms with van der Waals surface area (Å²) in [4.78, 5) is 25.0. The van der Waals surface area contributed by atoms with Gasteiger partial charge in [0.15, 0.2) is 0 Å². The number of ether oxygens (including phenoxy) is 1. The molecular formula is C18H24N4O4. The van der Waals surface area contributed by atoms with E-state index in [1.165, 1.54) is 4.90 Å². The number of methoxy groups -OCH3 is 1. The van der Waals surface area contributed by atoms with Gasteiger partial charge in [-0.1, -0.05) is 0 Å². The van der Waals surface area contributed by atoms with E-state index in [1.807, 2.05) is 0 Å². The number of anilines is 2. The first-order valence-electron chi connectivity index (χ1n) is 8.61. The monoisotopic (exact) mass is 360 g/mol. The summed E-state index contributed by atoms with van der Waals surface area (Å²) in [5.74, 6) is -0.586. The summed E-state index contributed by atoms with van der Waals surface area (Å²) in [5, 5.41) is 24.3. The Kier molecular flexibility index (Phi) is 7.24. The molecular weight excluding hydrogens is 336 g/mol. The van der Waals surface area contributed by atoms with E-state index < -0.39 is 6.09 Å². The van der Waals surface area contributed by atoms with Crippen molar-refractivity contribution in [2.75, 3.05) is 44.0 Å². The van der Waals surface area contributed by atoms with E-state index in [4.69, 9.17) is 15.1 Å². The Bertz CT molecular complexity index is 686. The topological polar surface area (TPSA) is 115 Å². The van der Waals surface area contributed by atoms with E-state index in [1.54, 1.807) is 25.3 Å². The summed E-state index contributed by atoms with van der Waals surface area (Å²) in [6.45, 7) is 1.91. The standard InChI is InChI=1S/C18H24N4O4/c1-26-9-3-7-20-16-10-13(11-19)5-6-15(16)21-17(23)14-4-2-8-22(12-14)18(24)25/h5-6,10,14,20H,2-4,7-9,12H2,1H3,(H,21,23)(H,24,25). The molecule has 1 fully saturated rings. The Morgan fingerprint density at radius 1 is 1.42 bits per heavy atom. The smallest absolute Gasteiger partial charge is 0.407 e. The van der Waals surface area contributed by atoms with E-state index in [0.29, 0.717) is 49.5 Å². The van der Waals surface area contributed by atoms with Crippen molar-refractivity contribution in [3.63, 3.8) is 0 Å². The maximum atomic E-state index is 12.6. The highest BCUT2D eigenvalue weighted by Gasteiger charge is 2.28. The Labute approximate surface area is 152 Å². The lowest BCUT2D eigenvalue weighted by Crippen LogP contribution is -2.43. The van der Waals surface area contributed by atoms with Crippen molar-refractivity contribution in [3.05, 3.63) is 23.8 Å². The number of piperidine rings is 1. The first-order valence-corrected chi connectivity index (χ1v) is 8.61. The first kappa shape index (κ1) is 19.5. The van der Waals surface area contributed by atoms with Gasteiger partial charge in [0, 0.05) is 33.4 Å². The third-order valence-electron chi connectivity index (χ3n) is 4.31. The maximum Gasteiger partial charge on any atom is 0.407 e. The van der Waals surface area contributed by atoms with E-state index >= 15 is 0 Å². The number of carbonyl (C=O) groups excluding carboxylic acids is 1. The quantitative estimate of drug-likeness (QED) is 0.643. The molecule has 1 aromatic rings. The second-order valence-corrected chi connectivity index (χ2v) is 6.20. The minimum Gasteiger partial charge on any atom is -0.465 e. The second-order valence-electron chi connectivity index (χ2n) is 6.20. The SMILES string of the molecule is COCCCNc1cc(C#N)ccc1NC(=O)C1CCCN(C(=O)O)C1. The molecule has 0 bridgehead atoms. The van der Waals surface area contributed by atoms with Crippen LogP contribution in [0.15, 0.2) is 18.2 Å². The Hall–Kier alpha value is -2.79. The number of carboxylic acid groups (broad SMARTS) is 1. The Morgan fingerprint density at radius 3 is 2.92 bits per heavy atom. The number of carbonyl (C=O) groups is 2. The molecule has 2 rings (SSSR count). The van der Waals surface area contributed by atoms with Crippen molar-refractivity contribution < 1.29 is 19.4 Å². The fourth-order valence-corrected chi connectivity index (χ4v) is 2.91. The van der Waals surface area contributed by atoms with Gasteiger partial charge in [0.1, 0.15) is 0 Å². The Balaban J connectivity index is 2.05. The van der Waals surface area contributed by atoms with Crippen molar-refractivity contribution in [3.8, 4) is 6.07 Å². The number of rotatable bonds is 7. The molecule has 0 saturated carbocycles. The first-order chi connectivity index (χ1) is 12.5. The highest BCUT2D eigenvalue weighted by molar-refractivity contribution is 5.96. The van der Waals surface area contributed by atoms with Gasteiger partial charge >= 0.3 is 6.09 Å². The molecule has 1 aromatic carbocycles. The molecule has 1 saturated heterocycles. The van der Waals surface area contributed by atoms with Crippen LogP contribution in [0, 0.1) is 17.2 Å². The molecule has 8 heteroatoms. The molecule has 8 nitrogen and oxygen atoms in total. The third-order valence-corrected chi connectivity index (χ3v) is 4.31. The summed E-state index contributed by atoms with van der Waals surface area (Å²) in [7, 11) is 1.63. The number of amides is 2. The molecule has 1 heterocycles. The van der Waals surface area contributed by atoms with Crippen molar-refractivity contribution in [1.82, 2.24) is 4.90 Å². The lowest BCUT2D eigenvalue weighted by atomic mass is 9.97. The molecule has 1 aliphatic heterocycles. The number of nitrogens with one attached hydrogen (secondary N) is 2. The van der Waals surface area contributed by atoms with Gasteiger partial charge < -0.3 is 25.4 Å². The molecule has 0 spiro atoms. The lowest BCUT2D eigenvalue weighted by molar-refractivity contribution is -0.121. The summed E-state index contributed by atoms with van der Waals surface area (Å²) in [6, 6.07) is 7.10. The normalized spacial score (nSPS) is 16.6. The number of nitriles is 1. The fourth-order valence-electron chi connectivity index (χ4n) is 2.91. The van der Waals surface area contributed by atoms with E-state index in [-0.39, 0.29) is 18.4 Å². The second kappa shape index (κ2) is 9.63. The van der Waals surface area contributed by atoms with Crippen molar-refractivity contribution in [2.24, 2.45) is 5.92 Å². The average Bonchev–Trinajstić information content (AvgIpc) is 2.66. The fraction of sp³-hybridized carbons (Fsp3) is 0.500. The number of hydrogen-bond acceptors (Lipinski definition) is 5. The number of likely N-dealkylation sites (tertiary alicyclic amines) is 1. The van der Waals surface area contributed by atoms with Crippen LogP contribution in [-0.2, 0) is 9.53 Å². The average molecular weight is 360 g/mol. The number of hydrogen-bond donors (Lipinski definition) is 3. The van der Waals surface area contributed by atoms with Gasteiger partial charge in [0.2, 0.25) is 5.91 Å². The molecule has 0 aliphatic carbocycles. The largest absolute Gasteiger partial charge is 0.465 e. The summed E-state index contributed by atoms with van der Waals surface area (Å²) < 4.78 is 5.01. The van der Waals surface area contributed by atoms with E-state index in [9.17, 15) is 9.59 Å². The van der Waals surface area contributed by atoms with Crippen LogP contribution in [-0.4, -0.2) is 55.4 Å². The van der Waals surface area contributed by atoms with Crippen molar-refractivity contribution in [2.45, 2.75) is 19.3 Å². The number of nitrogens with zero attached hydrogens (tertiary/aromatic N) is 2. The zero-order valence-corrected chi connectivity index (χ0v) is 14.8. The highest BCUT2D eigenvalue weighted by Crippen LogP contribution is 2.25. The van der Waals surface area contributed by atoms with Crippen LogP contribution in [0.25, 0.3) is 0 Å². The predicted molar refractivity (Wildman–Crippen MR) is 97.1 cm³/mol. The van der Waals surface area contributed by atoms with Crippen molar-refractivity contribution >= 4 is 23.4 Å². The van der Waals surface area contributed by atoms with Crippen LogP contribution >= 0.6 is 0 Å². The Morgan fingerprint density at radius 2 is 2.23 bits per heavy atom. The summed E-state index contributed by atoms with van der Waals surface area (Å²) in [5.41, 5.74) is 1.74. The number of benzene rings is 1. The molecule has 1 unspecified atom stereocenters. The van der Waals surface area contributed by atoms with Gasteiger partial charge in [-0.2, -0.15) is 5.26 Å². The highest BCUT2D eigenvalue weighted by atomic mass is 16.5. The molecule has 0 radical (unpaired) electrons. The third kappa shape index (κ3) is 5.36. The van der Waals surface area contributed by atoms with Crippen LogP contribution in [0.1, 0.15) is 24.8 Å². The van der Waals surface area contributed by atoms with Crippen LogP contribution in [0.5, 0.6) is 0 Å². The van der Waals surface area contributed by atoms with E-state index in [2.05, 4.69) is 16.7 Å². The van der Waals surface area contributed by atoms with Crippen LogP contribution < -0.4 is 10.6 Å². The minimum atomic E-state index is -0.999. The molecule has 1 aliphatic rings. The van der Waals surface area contributed by atoms with Crippen molar-refractivity contribution in [1.29, 1.82) is 5.26 Å². The van der Waals surface area contributed by atoms with Crippen LogP contribution in [0.4, 0.5) is 16.2 Å². The van der Waals surface area contributed by atoms with Gasteiger partial charge in [0.05, 0.1) is 28.9 Å². The molecule has 3 N–H and O–H groups in total. The van der Waals surface area contributed by atoms with Gasteiger partial charge in [-0.25, -0.2) is 4.79 Å². The van der Waals surface area contributed by atoms with Crippen LogP contribution in [0.3, 0.4) is 0 Å². The summed E-state index contributed by atoms with van der Waals surface area (Å²) >= 11 is 0. The predicted octanol–water partition coefficient (Wildman–Crippen LogP) is 2.34. The molecule has 0 aromatic heterocycles. The van der Waals surface area contributed by atoms with E-state index in [0.717, 1.165) is 6.42 Å². The zero-order valence-electron chi connectivity index (χ0n) is 14.8. The van der Waals surface area contributed by atoms with Crippen LogP contribution in [0.2, 0.25) is 0 Å². The molecule has 1 atom stereocenters. The molecule has 140 valence electrons. The molecule has 2 amide bonds. The maximum absolute atomic E-state index is 12.6. The molecule has 26 heavy (non-hydrogen) atoms.